The highest BCUT2D eigenvalue weighted by Gasteiger charge is 2.43. The van der Waals surface area contributed by atoms with Gasteiger partial charge >= 0.3 is 5.97 Å². The lowest BCUT2D eigenvalue weighted by atomic mass is 10.1. The van der Waals surface area contributed by atoms with Crippen molar-refractivity contribution < 1.29 is 14.7 Å². The molecule has 2 unspecified atom stereocenters. The largest absolute Gasteiger partial charge is 0.480 e. The van der Waals surface area contributed by atoms with Gasteiger partial charge in [0.15, 0.2) is 0 Å². The van der Waals surface area contributed by atoms with Gasteiger partial charge in [-0.2, -0.15) is 0 Å². The first-order chi connectivity index (χ1) is 8.00. The molecule has 0 aromatic heterocycles. The molecule has 0 spiro atoms. The van der Waals surface area contributed by atoms with Gasteiger partial charge in [-0.25, -0.2) is 4.79 Å². The SMILES string of the molecule is CC(C)C1SCC(C(=O)O)N1C(=O)CC1CC1. The van der Waals surface area contributed by atoms with Crippen molar-refractivity contribution in [3.05, 3.63) is 0 Å². The van der Waals surface area contributed by atoms with E-state index in [1.54, 1.807) is 16.7 Å². The van der Waals surface area contributed by atoms with Gasteiger partial charge in [-0.05, 0) is 24.7 Å². The maximum Gasteiger partial charge on any atom is 0.327 e. The molecule has 96 valence electrons. The Morgan fingerprint density at radius 2 is 2.06 bits per heavy atom. The number of carboxylic acids is 1. The molecule has 0 bridgehead atoms. The van der Waals surface area contributed by atoms with Crippen LogP contribution in [0.4, 0.5) is 0 Å². The summed E-state index contributed by atoms with van der Waals surface area (Å²) in [4.78, 5) is 25.0. The molecule has 2 fully saturated rings. The maximum absolute atomic E-state index is 12.2. The third kappa shape index (κ3) is 2.76. The van der Waals surface area contributed by atoms with Crippen LogP contribution in [-0.4, -0.2) is 39.1 Å². The second kappa shape index (κ2) is 4.88. The Balaban J connectivity index is 2.09. The van der Waals surface area contributed by atoms with Crippen LogP contribution in [0.1, 0.15) is 33.1 Å². The lowest BCUT2D eigenvalue weighted by molar-refractivity contribution is -0.149. The summed E-state index contributed by atoms with van der Waals surface area (Å²) in [5, 5.41) is 9.20. The number of nitrogens with zero attached hydrogens (tertiary/aromatic N) is 1. The van der Waals surface area contributed by atoms with Crippen molar-refractivity contribution in [3.63, 3.8) is 0 Å². The van der Waals surface area contributed by atoms with Gasteiger partial charge in [0.1, 0.15) is 6.04 Å². The summed E-state index contributed by atoms with van der Waals surface area (Å²) >= 11 is 1.60. The highest BCUT2D eigenvalue weighted by atomic mass is 32.2. The molecule has 1 amide bonds. The highest BCUT2D eigenvalue weighted by Crippen LogP contribution is 2.38. The summed E-state index contributed by atoms with van der Waals surface area (Å²) in [6.45, 7) is 4.08. The van der Waals surface area contributed by atoms with Gasteiger partial charge in [0.2, 0.25) is 5.91 Å². The summed E-state index contributed by atoms with van der Waals surface area (Å²) < 4.78 is 0. The highest BCUT2D eigenvalue weighted by molar-refractivity contribution is 8.00. The van der Waals surface area contributed by atoms with E-state index in [1.165, 1.54) is 0 Å². The molecule has 0 aromatic carbocycles. The quantitative estimate of drug-likeness (QED) is 0.834. The Morgan fingerprint density at radius 3 is 2.53 bits per heavy atom. The average molecular weight is 257 g/mol. The van der Waals surface area contributed by atoms with Crippen molar-refractivity contribution in [1.82, 2.24) is 4.90 Å². The van der Waals surface area contributed by atoms with Crippen LogP contribution in [0.2, 0.25) is 0 Å². The smallest absolute Gasteiger partial charge is 0.327 e. The van der Waals surface area contributed by atoms with Crippen LogP contribution >= 0.6 is 11.8 Å². The second-order valence-corrected chi connectivity index (χ2v) is 6.42. The van der Waals surface area contributed by atoms with Crippen LogP contribution in [0.3, 0.4) is 0 Å². The number of rotatable bonds is 4. The van der Waals surface area contributed by atoms with E-state index >= 15 is 0 Å². The van der Waals surface area contributed by atoms with E-state index in [9.17, 15) is 14.7 Å². The van der Waals surface area contributed by atoms with Gasteiger partial charge in [-0.1, -0.05) is 13.8 Å². The van der Waals surface area contributed by atoms with Crippen LogP contribution in [0.15, 0.2) is 0 Å². The average Bonchev–Trinajstić information content (AvgIpc) is 2.93. The molecule has 1 aliphatic heterocycles. The van der Waals surface area contributed by atoms with E-state index in [0.29, 0.717) is 24.0 Å². The molecule has 2 atom stereocenters. The normalized spacial score (nSPS) is 28.8. The predicted molar refractivity (Wildman–Crippen MR) is 66.7 cm³/mol. The molecule has 1 saturated heterocycles. The van der Waals surface area contributed by atoms with Crippen LogP contribution in [-0.2, 0) is 9.59 Å². The number of amides is 1. The Labute approximate surface area is 106 Å². The topological polar surface area (TPSA) is 57.6 Å². The monoisotopic (exact) mass is 257 g/mol. The van der Waals surface area contributed by atoms with Gasteiger partial charge < -0.3 is 10.0 Å². The maximum atomic E-state index is 12.2. The van der Waals surface area contributed by atoms with Gasteiger partial charge in [0, 0.05) is 12.2 Å². The molecule has 5 heteroatoms. The lowest BCUT2D eigenvalue weighted by Gasteiger charge is -2.29. The van der Waals surface area contributed by atoms with Crippen molar-refractivity contribution >= 4 is 23.6 Å². The summed E-state index contributed by atoms with van der Waals surface area (Å²) in [6, 6.07) is -0.626. The lowest BCUT2D eigenvalue weighted by Crippen LogP contribution is -2.47. The summed E-state index contributed by atoms with van der Waals surface area (Å²) in [6.07, 6.45) is 2.78. The molecule has 0 radical (unpaired) electrons. The summed E-state index contributed by atoms with van der Waals surface area (Å²) in [5.74, 6) is 0.491. The molecule has 2 aliphatic rings. The van der Waals surface area contributed by atoms with Crippen molar-refractivity contribution in [2.24, 2.45) is 11.8 Å². The Bertz CT molecular complexity index is 328. The van der Waals surface area contributed by atoms with Crippen molar-refractivity contribution in [1.29, 1.82) is 0 Å². The summed E-state index contributed by atoms with van der Waals surface area (Å²) in [5.41, 5.74) is 0. The van der Waals surface area contributed by atoms with Gasteiger partial charge in [-0.3, -0.25) is 4.79 Å². The number of hydrogen-bond donors (Lipinski definition) is 1. The molecule has 1 N–H and O–H groups in total. The molecular formula is C12H19NO3S. The predicted octanol–water partition coefficient (Wildman–Crippen LogP) is 1.80. The zero-order valence-electron chi connectivity index (χ0n) is 10.3. The Kier molecular flexibility index (Phi) is 3.66. The molecule has 2 rings (SSSR count). The van der Waals surface area contributed by atoms with E-state index in [2.05, 4.69) is 0 Å². The minimum atomic E-state index is -0.871. The second-order valence-electron chi connectivity index (χ2n) is 5.27. The molecular weight excluding hydrogens is 238 g/mol. The number of hydrogen-bond acceptors (Lipinski definition) is 3. The zero-order valence-corrected chi connectivity index (χ0v) is 11.1. The minimum absolute atomic E-state index is 0.0300. The van der Waals surface area contributed by atoms with Crippen LogP contribution in [0, 0.1) is 11.8 Å². The number of thioether (sulfide) groups is 1. The van der Waals surface area contributed by atoms with Gasteiger partial charge in [0.05, 0.1) is 5.37 Å². The first-order valence-electron chi connectivity index (χ1n) is 6.16. The van der Waals surface area contributed by atoms with E-state index in [-0.39, 0.29) is 11.3 Å². The minimum Gasteiger partial charge on any atom is -0.480 e. The third-order valence-corrected chi connectivity index (χ3v) is 4.96. The van der Waals surface area contributed by atoms with E-state index in [0.717, 1.165) is 12.8 Å². The van der Waals surface area contributed by atoms with Crippen molar-refractivity contribution in [3.8, 4) is 0 Å². The van der Waals surface area contributed by atoms with Crippen molar-refractivity contribution in [2.45, 2.75) is 44.5 Å². The van der Waals surface area contributed by atoms with Crippen LogP contribution in [0.25, 0.3) is 0 Å². The number of carbonyl (C=O) groups is 2. The summed E-state index contributed by atoms with van der Waals surface area (Å²) in [7, 11) is 0. The Hall–Kier alpha value is -0.710. The molecule has 1 saturated carbocycles. The molecule has 17 heavy (non-hydrogen) atoms. The third-order valence-electron chi connectivity index (χ3n) is 3.34. The van der Waals surface area contributed by atoms with Crippen LogP contribution < -0.4 is 0 Å². The zero-order chi connectivity index (χ0) is 12.6. The van der Waals surface area contributed by atoms with Crippen molar-refractivity contribution in [2.75, 3.05) is 5.75 Å². The number of carboxylic acid groups (broad SMARTS) is 1. The molecule has 4 nitrogen and oxygen atoms in total. The van der Waals surface area contributed by atoms with Gasteiger partial charge in [-0.15, -0.1) is 11.8 Å². The fraction of sp³-hybridized carbons (Fsp3) is 0.833. The van der Waals surface area contributed by atoms with E-state index in [4.69, 9.17) is 0 Å². The number of aliphatic carboxylic acids is 1. The molecule has 1 aliphatic carbocycles. The van der Waals surface area contributed by atoms with Crippen LogP contribution in [0.5, 0.6) is 0 Å². The number of carbonyl (C=O) groups excluding carboxylic acids is 1. The first kappa shape index (κ1) is 12.7. The van der Waals surface area contributed by atoms with E-state index < -0.39 is 12.0 Å². The molecule has 0 aromatic rings. The fourth-order valence-electron chi connectivity index (χ4n) is 2.22. The standard InChI is InChI=1S/C12H19NO3S/c1-7(2)11-13(9(6-17-11)12(15)16)10(14)5-8-3-4-8/h7-9,11H,3-6H2,1-2H3,(H,15,16). The Morgan fingerprint density at radius 1 is 1.41 bits per heavy atom. The van der Waals surface area contributed by atoms with E-state index in [1.807, 2.05) is 13.8 Å². The van der Waals surface area contributed by atoms with Gasteiger partial charge in [0.25, 0.3) is 0 Å². The fourth-order valence-corrected chi connectivity index (χ4v) is 3.71. The molecule has 1 heterocycles. The first-order valence-corrected chi connectivity index (χ1v) is 7.21.